The van der Waals surface area contributed by atoms with Gasteiger partial charge in [0.15, 0.2) is 0 Å². The highest BCUT2D eigenvalue weighted by Crippen LogP contribution is 2.44. The van der Waals surface area contributed by atoms with Gasteiger partial charge in [0, 0.05) is 30.1 Å². The van der Waals surface area contributed by atoms with Gasteiger partial charge in [-0.3, -0.25) is 0 Å². The van der Waals surface area contributed by atoms with E-state index in [0.717, 1.165) is 16.8 Å². The van der Waals surface area contributed by atoms with Gasteiger partial charge in [-0.05, 0) is 46.9 Å². The largest absolute Gasteiger partial charge is 0.449 e. The SMILES string of the molecule is Cc1c(N)cccc1C#CCCNC(=O)OCC1c2ccccc2-c2ccccc21. The van der Waals surface area contributed by atoms with Crippen LogP contribution in [0, 0.1) is 18.8 Å². The zero-order valence-corrected chi connectivity index (χ0v) is 16.9. The molecular formula is C26H24N2O2. The number of nitrogens with one attached hydrogen (secondary N) is 1. The van der Waals surface area contributed by atoms with Gasteiger partial charge in [0.05, 0.1) is 0 Å². The summed E-state index contributed by atoms with van der Waals surface area (Å²) >= 11 is 0. The van der Waals surface area contributed by atoms with Gasteiger partial charge in [-0.15, -0.1) is 0 Å². The van der Waals surface area contributed by atoms with Gasteiger partial charge < -0.3 is 15.8 Å². The van der Waals surface area contributed by atoms with Crippen molar-refractivity contribution >= 4 is 11.8 Å². The molecule has 0 saturated heterocycles. The third kappa shape index (κ3) is 4.01. The summed E-state index contributed by atoms with van der Waals surface area (Å²) in [6.45, 7) is 2.70. The molecule has 0 heterocycles. The molecule has 3 aromatic rings. The fourth-order valence-electron chi connectivity index (χ4n) is 3.82. The zero-order chi connectivity index (χ0) is 20.9. The fraction of sp³-hybridized carbons (Fsp3) is 0.192. The first-order valence-corrected chi connectivity index (χ1v) is 10.1. The normalized spacial score (nSPS) is 11.8. The summed E-state index contributed by atoms with van der Waals surface area (Å²) in [5, 5.41) is 2.78. The number of nitrogens with two attached hydrogens (primary N) is 1. The molecule has 30 heavy (non-hydrogen) atoms. The van der Waals surface area contributed by atoms with E-state index < -0.39 is 6.09 Å². The van der Waals surface area contributed by atoms with E-state index in [0.29, 0.717) is 19.6 Å². The first-order valence-electron chi connectivity index (χ1n) is 10.1. The molecule has 4 nitrogen and oxygen atoms in total. The minimum Gasteiger partial charge on any atom is -0.449 e. The Balaban J connectivity index is 1.30. The highest BCUT2D eigenvalue weighted by atomic mass is 16.5. The van der Waals surface area contributed by atoms with Crippen LogP contribution in [0.2, 0.25) is 0 Å². The van der Waals surface area contributed by atoms with E-state index in [-0.39, 0.29) is 5.92 Å². The minimum atomic E-state index is -0.418. The van der Waals surface area contributed by atoms with E-state index in [1.807, 2.05) is 49.4 Å². The van der Waals surface area contributed by atoms with E-state index in [9.17, 15) is 4.79 Å². The molecule has 1 amide bonds. The number of benzene rings is 3. The third-order valence-corrected chi connectivity index (χ3v) is 5.46. The van der Waals surface area contributed by atoms with Gasteiger partial charge in [-0.2, -0.15) is 0 Å². The van der Waals surface area contributed by atoms with Crippen LogP contribution in [0.5, 0.6) is 0 Å². The number of rotatable bonds is 4. The number of alkyl carbamates (subject to hydrolysis) is 1. The van der Waals surface area contributed by atoms with Crippen molar-refractivity contribution in [2.45, 2.75) is 19.3 Å². The van der Waals surface area contributed by atoms with Crippen LogP contribution in [0.25, 0.3) is 11.1 Å². The number of anilines is 1. The van der Waals surface area contributed by atoms with E-state index in [1.165, 1.54) is 22.3 Å². The topological polar surface area (TPSA) is 64.3 Å². The second-order valence-electron chi connectivity index (χ2n) is 7.32. The number of hydrogen-bond donors (Lipinski definition) is 2. The molecule has 4 heteroatoms. The van der Waals surface area contributed by atoms with Crippen LogP contribution in [0.4, 0.5) is 10.5 Å². The number of carbonyl (C=O) groups excluding carboxylic acids is 1. The second-order valence-corrected chi connectivity index (χ2v) is 7.32. The Bertz CT molecular complexity index is 1100. The van der Waals surface area contributed by atoms with E-state index in [1.54, 1.807) is 0 Å². The molecule has 4 rings (SSSR count). The molecule has 3 N–H and O–H groups in total. The van der Waals surface area contributed by atoms with Crippen LogP contribution in [-0.2, 0) is 4.74 Å². The van der Waals surface area contributed by atoms with Crippen LogP contribution in [0.1, 0.15) is 34.6 Å². The summed E-state index contributed by atoms with van der Waals surface area (Å²) in [6, 6.07) is 22.3. The van der Waals surface area contributed by atoms with Crippen molar-refractivity contribution in [3.05, 3.63) is 89.0 Å². The van der Waals surface area contributed by atoms with E-state index in [4.69, 9.17) is 10.5 Å². The lowest BCUT2D eigenvalue weighted by Gasteiger charge is -2.14. The van der Waals surface area contributed by atoms with Gasteiger partial charge in [-0.1, -0.05) is 66.4 Å². The molecule has 0 aliphatic heterocycles. The monoisotopic (exact) mass is 396 g/mol. The zero-order valence-electron chi connectivity index (χ0n) is 16.9. The summed E-state index contributed by atoms with van der Waals surface area (Å²) in [6.07, 6.45) is 0.122. The maximum atomic E-state index is 12.2. The van der Waals surface area contributed by atoms with E-state index >= 15 is 0 Å². The predicted octanol–water partition coefficient (Wildman–Crippen LogP) is 4.86. The average molecular weight is 396 g/mol. The maximum Gasteiger partial charge on any atom is 0.407 e. The Morgan fingerprint density at radius 3 is 2.37 bits per heavy atom. The third-order valence-electron chi connectivity index (χ3n) is 5.46. The second kappa shape index (κ2) is 8.75. The molecular weight excluding hydrogens is 372 g/mol. The van der Waals surface area contributed by atoms with Gasteiger partial charge in [0.1, 0.15) is 6.61 Å². The Kier molecular flexibility index (Phi) is 5.72. The molecule has 0 saturated carbocycles. The van der Waals surface area contributed by atoms with Crippen LogP contribution in [0.3, 0.4) is 0 Å². The molecule has 1 aliphatic carbocycles. The van der Waals surface area contributed by atoms with Crippen molar-refractivity contribution < 1.29 is 9.53 Å². The average Bonchev–Trinajstić information content (AvgIpc) is 3.09. The highest BCUT2D eigenvalue weighted by Gasteiger charge is 2.28. The van der Waals surface area contributed by atoms with Crippen LogP contribution in [-0.4, -0.2) is 19.2 Å². The number of fused-ring (bicyclic) bond motifs is 3. The molecule has 0 radical (unpaired) electrons. The molecule has 0 atom stereocenters. The number of amides is 1. The van der Waals surface area contributed by atoms with Gasteiger partial charge in [0.25, 0.3) is 0 Å². The van der Waals surface area contributed by atoms with Crippen LogP contribution >= 0.6 is 0 Å². The lowest BCUT2D eigenvalue weighted by atomic mass is 9.98. The summed E-state index contributed by atoms with van der Waals surface area (Å²) in [4.78, 5) is 12.2. The summed E-state index contributed by atoms with van der Waals surface area (Å²) in [5.41, 5.74) is 13.4. The van der Waals surface area contributed by atoms with Crippen molar-refractivity contribution in [2.24, 2.45) is 0 Å². The highest BCUT2D eigenvalue weighted by molar-refractivity contribution is 5.79. The Labute approximate surface area is 177 Å². The molecule has 0 bridgehead atoms. The van der Waals surface area contributed by atoms with Crippen LogP contribution in [0.15, 0.2) is 66.7 Å². The fourth-order valence-corrected chi connectivity index (χ4v) is 3.82. The Morgan fingerprint density at radius 2 is 1.67 bits per heavy atom. The number of hydrogen-bond acceptors (Lipinski definition) is 3. The quantitative estimate of drug-likeness (QED) is 0.376. The van der Waals surface area contributed by atoms with Crippen LogP contribution < -0.4 is 11.1 Å². The van der Waals surface area contributed by atoms with Gasteiger partial charge in [-0.25, -0.2) is 4.79 Å². The Hall–Kier alpha value is -3.71. The van der Waals surface area contributed by atoms with Gasteiger partial charge in [0.2, 0.25) is 0 Å². The number of nitrogen functional groups attached to an aromatic ring is 1. The Morgan fingerprint density at radius 1 is 1.00 bits per heavy atom. The first-order chi connectivity index (χ1) is 14.6. The first kappa shape index (κ1) is 19.6. The van der Waals surface area contributed by atoms with Crippen molar-refractivity contribution in [1.82, 2.24) is 5.32 Å². The number of carbonyl (C=O) groups is 1. The summed E-state index contributed by atoms with van der Waals surface area (Å²) < 4.78 is 5.52. The molecule has 0 unspecified atom stereocenters. The smallest absolute Gasteiger partial charge is 0.407 e. The molecule has 150 valence electrons. The minimum absolute atomic E-state index is 0.0643. The molecule has 0 spiro atoms. The number of ether oxygens (including phenoxy) is 1. The van der Waals surface area contributed by atoms with Crippen molar-refractivity contribution in [2.75, 3.05) is 18.9 Å². The van der Waals surface area contributed by atoms with Crippen molar-refractivity contribution in [3.63, 3.8) is 0 Å². The predicted molar refractivity (Wildman–Crippen MR) is 120 cm³/mol. The molecule has 0 aromatic heterocycles. The van der Waals surface area contributed by atoms with Gasteiger partial charge >= 0.3 is 6.09 Å². The van der Waals surface area contributed by atoms with Crippen molar-refractivity contribution in [1.29, 1.82) is 0 Å². The summed E-state index contributed by atoms with van der Waals surface area (Å²) in [7, 11) is 0. The maximum absolute atomic E-state index is 12.2. The molecule has 0 fully saturated rings. The molecule has 3 aromatic carbocycles. The lowest BCUT2D eigenvalue weighted by Crippen LogP contribution is -2.26. The van der Waals surface area contributed by atoms with Crippen molar-refractivity contribution in [3.8, 4) is 23.0 Å². The van der Waals surface area contributed by atoms with E-state index in [2.05, 4.69) is 41.4 Å². The summed E-state index contributed by atoms with van der Waals surface area (Å²) in [5.74, 6) is 6.24. The lowest BCUT2D eigenvalue weighted by molar-refractivity contribution is 0.143. The standard InChI is InChI=1S/C26H24N2O2/c1-18-19(10-8-15-25(18)27)9-6-7-16-28-26(29)30-17-24-22-13-4-2-11-20(22)21-12-3-5-14-23(21)24/h2-5,8,10-15,24H,7,16-17,27H2,1H3,(H,28,29). The molecule has 1 aliphatic rings.